The zero-order chi connectivity index (χ0) is 12.3. The molecule has 0 fully saturated rings. The summed E-state index contributed by atoms with van der Waals surface area (Å²) in [6.07, 6.45) is 4.19. The molecule has 0 unspecified atom stereocenters. The normalized spacial score (nSPS) is 10.0. The van der Waals surface area contributed by atoms with Gasteiger partial charge in [-0.05, 0) is 24.6 Å². The standard InChI is InChI=1S/C12H10FN3O/c1-8-2-3-10(9(13)6-8)16-12(17)11-7-14-4-5-15-11/h2-7H,1H3,(H,16,17). The summed E-state index contributed by atoms with van der Waals surface area (Å²) in [5.74, 6) is -0.955. The summed E-state index contributed by atoms with van der Waals surface area (Å²) in [5, 5.41) is 2.44. The van der Waals surface area contributed by atoms with E-state index >= 15 is 0 Å². The van der Waals surface area contributed by atoms with E-state index in [-0.39, 0.29) is 11.4 Å². The van der Waals surface area contributed by atoms with Gasteiger partial charge in [0.2, 0.25) is 0 Å². The van der Waals surface area contributed by atoms with Gasteiger partial charge in [-0.25, -0.2) is 9.37 Å². The Kier molecular flexibility index (Phi) is 3.09. The molecule has 17 heavy (non-hydrogen) atoms. The van der Waals surface area contributed by atoms with Crippen LogP contribution in [0.3, 0.4) is 0 Å². The molecule has 1 aromatic carbocycles. The molecule has 2 aromatic rings. The molecule has 0 spiro atoms. The summed E-state index contributed by atoms with van der Waals surface area (Å²) in [7, 11) is 0. The van der Waals surface area contributed by atoms with E-state index < -0.39 is 11.7 Å². The van der Waals surface area contributed by atoms with E-state index in [4.69, 9.17) is 0 Å². The number of nitrogens with zero attached hydrogens (tertiary/aromatic N) is 2. The Balaban J connectivity index is 2.19. The van der Waals surface area contributed by atoms with E-state index in [1.807, 2.05) is 0 Å². The van der Waals surface area contributed by atoms with Crippen LogP contribution in [0, 0.1) is 12.7 Å². The molecule has 0 aliphatic rings. The van der Waals surface area contributed by atoms with Crippen LogP contribution in [0.4, 0.5) is 10.1 Å². The molecule has 0 aliphatic carbocycles. The fourth-order valence-corrected chi connectivity index (χ4v) is 1.32. The minimum absolute atomic E-state index is 0.131. The monoisotopic (exact) mass is 231 g/mol. The van der Waals surface area contributed by atoms with Crippen LogP contribution in [0.2, 0.25) is 0 Å². The summed E-state index contributed by atoms with van der Waals surface area (Å²) in [5.41, 5.74) is 1.07. The molecule has 5 heteroatoms. The van der Waals surface area contributed by atoms with Crippen LogP contribution in [0.15, 0.2) is 36.8 Å². The second-order valence-electron chi connectivity index (χ2n) is 3.53. The molecule has 1 heterocycles. The SMILES string of the molecule is Cc1ccc(NC(=O)c2cnccn2)c(F)c1. The Morgan fingerprint density at radius 1 is 1.35 bits per heavy atom. The van der Waals surface area contributed by atoms with Gasteiger partial charge in [0.1, 0.15) is 11.5 Å². The van der Waals surface area contributed by atoms with Crippen molar-refractivity contribution in [3.63, 3.8) is 0 Å². The molecule has 1 amide bonds. The number of rotatable bonds is 2. The topological polar surface area (TPSA) is 54.9 Å². The van der Waals surface area contributed by atoms with Crippen LogP contribution in [0.25, 0.3) is 0 Å². The van der Waals surface area contributed by atoms with E-state index in [2.05, 4.69) is 15.3 Å². The molecule has 0 atom stereocenters. The lowest BCUT2D eigenvalue weighted by Gasteiger charge is -2.05. The molecule has 0 aliphatic heterocycles. The van der Waals surface area contributed by atoms with Crippen LogP contribution in [-0.2, 0) is 0 Å². The van der Waals surface area contributed by atoms with Gasteiger partial charge in [0.05, 0.1) is 11.9 Å². The molecule has 4 nitrogen and oxygen atoms in total. The lowest BCUT2D eigenvalue weighted by Crippen LogP contribution is -2.14. The smallest absolute Gasteiger partial charge is 0.275 e. The first-order chi connectivity index (χ1) is 8.16. The van der Waals surface area contributed by atoms with Crippen molar-refractivity contribution < 1.29 is 9.18 Å². The zero-order valence-corrected chi connectivity index (χ0v) is 9.14. The zero-order valence-electron chi connectivity index (χ0n) is 9.14. The van der Waals surface area contributed by atoms with Crippen molar-refractivity contribution in [3.05, 3.63) is 53.9 Å². The highest BCUT2D eigenvalue weighted by atomic mass is 19.1. The first-order valence-corrected chi connectivity index (χ1v) is 5.00. The van der Waals surface area contributed by atoms with Crippen molar-refractivity contribution in [1.82, 2.24) is 9.97 Å². The van der Waals surface area contributed by atoms with Crippen LogP contribution in [0.5, 0.6) is 0 Å². The molecular weight excluding hydrogens is 221 g/mol. The van der Waals surface area contributed by atoms with Crippen molar-refractivity contribution in [3.8, 4) is 0 Å². The predicted octanol–water partition coefficient (Wildman–Crippen LogP) is 2.18. The van der Waals surface area contributed by atoms with Crippen molar-refractivity contribution in [2.45, 2.75) is 6.92 Å². The van der Waals surface area contributed by atoms with Gasteiger partial charge in [-0.3, -0.25) is 9.78 Å². The summed E-state index contributed by atoms with van der Waals surface area (Å²) < 4.78 is 13.5. The van der Waals surface area contributed by atoms with Gasteiger partial charge in [-0.1, -0.05) is 6.07 Å². The first-order valence-electron chi connectivity index (χ1n) is 5.00. The number of amides is 1. The quantitative estimate of drug-likeness (QED) is 0.861. The van der Waals surface area contributed by atoms with E-state index in [1.54, 1.807) is 13.0 Å². The number of anilines is 1. The van der Waals surface area contributed by atoms with E-state index in [9.17, 15) is 9.18 Å². The molecule has 1 aromatic heterocycles. The summed E-state index contributed by atoms with van der Waals surface area (Å²) >= 11 is 0. The Hall–Kier alpha value is -2.30. The Labute approximate surface area is 97.5 Å². The summed E-state index contributed by atoms with van der Waals surface area (Å²) in [6, 6.07) is 4.58. The number of carbonyl (C=O) groups excluding carboxylic acids is 1. The molecule has 86 valence electrons. The van der Waals surface area contributed by atoms with E-state index in [0.29, 0.717) is 0 Å². The largest absolute Gasteiger partial charge is 0.318 e. The molecule has 0 bridgehead atoms. The number of hydrogen-bond acceptors (Lipinski definition) is 3. The number of halogens is 1. The maximum absolute atomic E-state index is 13.5. The van der Waals surface area contributed by atoms with Crippen LogP contribution < -0.4 is 5.32 Å². The average Bonchev–Trinajstić information content (AvgIpc) is 2.34. The van der Waals surface area contributed by atoms with Gasteiger partial charge in [0, 0.05) is 12.4 Å². The Bertz CT molecular complexity index is 543. The fraction of sp³-hybridized carbons (Fsp3) is 0.0833. The number of benzene rings is 1. The maximum Gasteiger partial charge on any atom is 0.275 e. The van der Waals surface area contributed by atoms with E-state index in [0.717, 1.165) is 5.56 Å². The highest BCUT2D eigenvalue weighted by Gasteiger charge is 2.10. The van der Waals surface area contributed by atoms with Crippen LogP contribution in [-0.4, -0.2) is 15.9 Å². The van der Waals surface area contributed by atoms with Crippen LogP contribution >= 0.6 is 0 Å². The average molecular weight is 231 g/mol. The molecule has 0 radical (unpaired) electrons. The molecule has 0 saturated heterocycles. The van der Waals surface area contributed by atoms with Crippen molar-refractivity contribution in [2.24, 2.45) is 0 Å². The highest BCUT2D eigenvalue weighted by molar-refractivity contribution is 6.02. The number of hydrogen-bond donors (Lipinski definition) is 1. The lowest BCUT2D eigenvalue weighted by molar-refractivity contribution is 0.102. The van der Waals surface area contributed by atoms with Crippen molar-refractivity contribution in [2.75, 3.05) is 5.32 Å². The van der Waals surface area contributed by atoms with E-state index in [1.165, 1.54) is 30.7 Å². The number of aryl methyl sites for hydroxylation is 1. The lowest BCUT2D eigenvalue weighted by atomic mass is 10.2. The van der Waals surface area contributed by atoms with Gasteiger partial charge in [0.15, 0.2) is 0 Å². The minimum atomic E-state index is -0.485. The Morgan fingerprint density at radius 3 is 2.82 bits per heavy atom. The number of nitrogens with one attached hydrogen (secondary N) is 1. The molecule has 1 N–H and O–H groups in total. The molecular formula is C12H10FN3O. The molecule has 2 rings (SSSR count). The highest BCUT2D eigenvalue weighted by Crippen LogP contribution is 2.15. The Morgan fingerprint density at radius 2 is 2.18 bits per heavy atom. The third-order valence-corrected chi connectivity index (χ3v) is 2.17. The van der Waals surface area contributed by atoms with Gasteiger partial charge in [0.25, 0.3) is 5.91 Å². The van der Waals surface area contributed by atoms with Gasteiger partial charge >= 0.3 is 0 Å². The maximum atomic E-state index is 13.5. The fourth-order valence-electron chi connectivity index (χ4n) is 1.32. The van der Waals surface area contributed by atoms with Crippen LogP contribution in [0.1, 0.15) is 16.1 Å². The van der Waals surface area contributed by atoms with Gasteiger partial charge in [-0.2, -0.15) is 0 Å². The third-order valence-electron chi connectivity index (χ3n) is 2.17. The second-order valence-corrected chi connectivity index (χ2v) is 3.53. The summed E-state index contributed by atoms with van der Waals surface area (Å²) in [6.45, 7) is 1.78. The minimum Gasteiger partial charge on any atom is -0.318 e. The van der Waals surface area contributed by atoms with Crippen molar-refractivity contribution >= 4 is 11.6 Å². The third kappa shape index (κ3) is 2.63. The van der Waals surface area contributed by atoms with Crippen molar-refractivity contribution in [1.29, 1.82) is 0 Å². The number of aromatic nitrogens is 2. The predicted molar refractivity (Wildman–Crippen MR) is 61.1 cm³/mol. The molecule has 0 saturated carbocycles. The summed E-state index contributed by atoms with van der Waals surface area (Å²) in [4.78, 5) is 19.3. The number of carbonyl (C=O) groups is 1. The van der Waals surface area contributed by atoms with Gasteiger partial charge < -0.3 is 5.32 Å². The van der Waals surface area contributed by atoms with Gasteiger partial charge in [-0.15, -0.1) is 0 Å². The second kappa shape index (κ2) is 4.69. The first kappa shape index (κ1) is 11.2.